The number of benzene rings is 1. The smallest absolute Gasteiger partial charge is 0.191 e. The van der Waals surface area contributed by atoms with Crippen LogP contribution in [0, 0.1) is 0 Å². The minimum absolute atomic E-state index is 0. The molecule has 0 aliphatic heterocycles. The Morgan fingerprint density at radius 1 is 1.14 bits per heavy atom. The molecule has 22 heavy (non-hydrogen) atoms. The number of hydrogen-bond acceptors (Lipinski definition) is 3. The maximum Gasteiger partial charge on any atom is 0.191 e. The van der Waals surface area contributed by atoms with Crippen molar-refractivity contribution in [2.24, 2.45) is 4.99 Å². The van der Waals surface area contributed by atoms with Gasteiger partial charge in [-0.15, -0.1) is 24.0 Å². The lowest BCUT2D eigenvalue weighted by molar-refractivity contribution is 0.595. The van der Waals surface area contributed by atoms with Crippen molar-refractivity contribution < 1.29 is 8.42 Å². The molecule has 0 atom stereocenters. The number of nitrogens with zero attached hydrogens (tertiary/aromatic N) is 1. The zero-order valence-corrected chi connectivity index (χ0v) is 16.6. The monoisotopic (exact) mass is 439 g/mol. The Bertz CT molecular complexity index is 574. The van der Waals surface area contributed by atoms with Crippen LogP contribution < -0.4 is 10.6 Å². The second kappa shape index (κ2) is 10.8. The average Bonchev–Trinajstić information content (AvgIpc) is 2.50. The molecule has 0 saturated carbocycles. The molecule has 0 aromatic heterocycles. The molecule has 0 spiro atoms. The van der Waals surface area contributed by atoms with Gasteiger partial charge in [-0.3, -0.25) is 4.99 Å². The van der Waals surface area contributed by atoms with Crippen molar-refractivity contribution in [1.29, 1.82) is 0 Å². The van der Waals surface area contributed by atoms with Crippen LogP contribution in [0.25, 0.3) is 0 Å². The Kier molecular flexibility index (Phi) is 10.4. The Morgan fingerprint density at radius 3 is 2.32 bits per heavy atom. The van der Waals surface area contributed by atoms with Gasteiger partial charge in [-0.05, 0) is 17.5 Å². The lowest BCUT2D eigenvalue weighted by atomic mass is 10.1. The first-order valence-corrected chi connectivity index (χ1v) is 9.06. The van der Waals surface area contributed by atoms with Gasteiger partial charge >= 0.3 is 0 Å². The predicted octanol–water partition coefficient (Wildman–Crippen LogP) is 1.97. The van der Waals surface area contributed by atoms with Gasteiger partial charge in [-0.25, -0.2) is 8.42 Å². The topological polar surface area (TPSA) is 70.6 Å². The Balaban J connectivity index is 0.00000441. The maximum absolute atomic E-state index is 11.4. The van der Waals surface area contributed by atoms with E-state index < -0.39 is 9.84 Å². The van der Waals surface area contributed by atoms with Crippen molar-refractivity contribution in [3.05, 3.63) is 35.4 Å². The fourth-order valence-electron chi connectivity index (χ4n) is 1.94. The Hall–Kier alpha value is -0.830. The van der Waals surface area contributed by atoms with E-state index in [9.17, 15) is 8.42 Å². The summed E-state index contributed by atoms with van der Waals surface area (Å²) >= 11 is 0. The molecule has 5 nitrogen and oxygen atoms in total. The van der Waals surface area contributed by atoms with Crippen LogP contribution in [0.4, 0.5) is 0 Å². The number of nitrogens with one attached hydrogen (secondary N) is 2. The van der Waals surface area contributed by atoms with Gasteiger partial charge in [0.05, 0.1) is 5.75 Å². The standard InChI is InChI=1S/C15H25N3O2S.HI/c1-4-13-8-6-7-9-14(13)12-18-15(16-3)17-10-11-21(19,20)5-2;/h6-9H,4-5,10-12H2,1-3H3,(H2,16,17,18);1H. The van der Waals surface area contributed by atoms with E-state index in [0.717, 1.165) is 6.42 Å². The molecule has 0 unspecified atom stereocenters. The van der Waals surface area contributed by atoms with Gasteiger partial charge in [-0.1, -0.05) is 38.1 Å². The van der Waals surface area contributed by atoms with Crippen molar-refractivity contribution in [1.82, 2.24) is 10.6 Å². The Morgan fingerprint density at radius 2 is 1.77 bits per heavy atom. The highest BCUT2D eigenvalue weighted by Crippen LogP contribution is 2.08. The number of guanidine groups is 1. The van der Waals surface area contributed by atoms with Crippen LogP contribution in [-0.4, -0.2) is 39.5 Å². The molecule has 0 radical (unpaired) electrons. The van der Waals surface area contributed by atoms with E-state index in [-0.39, 0.29) is 35.5 Å². The summed E-state index contributed by atoms with van der Waals surface area (Å²) in [4.78, 5) is 4.10. The third-order valence-electron chi connectivity index (χ3n) is 3.31. The summed E-state index contributed by atoms with van der Waals surface area (Å²) < 4.78 is 22.9. The molecule has 0 saturated heterocycles. The second-order valence-electron chi connectivity index (χ2n) is 4.71. The number of halogens is 1. The molecule has 0 bridgehead atoms. The summed E-state index contributed by atoms with van der Waals surface area (Å²) in [6.07, 6.45) is 0.985. The third-order valence-corrected chi connectivity index (χ3v) is 5.02. The fourth-order valence-corrected chi connectivity index (χ4v) is 2.65. The highest BCUT2D eigenvalue weighted by atomic mass is 127. The van der Waals surface area contributed by atoms with Crippen LogP contribution in [0.15, 0.2) is 29.3 Å². The van der Waals surface area contributed by atoms with Crippen LogP contribution in [0.5, 0.6) is 0 Å². The van der Waals surface area contributed by atoms with E-state index >= 15 is 0 Å². The average molecular weight is 439 g/mol. The van der Waals surface area contributed by atoms with Gasteiger partial charge in [0, 0.05) is 25.9 Å². The summed E-state index contributed by atoms with van der Waals surface area (Å²) in [6, 6.07) is 8.24. The van der Waals surface area contributed by atoms with E-state index in [2.05, 4.69) is 34.7 Å². The molecule has 126 valence electrons. The summed E-state index contributed by atoms with van der Waals surface area (Å²) in [6.45, 7) is 4.82. The van der Waals surface area contributed by atoms with Crippen molar-refractivity contribution >= 4 is 39.8 Å². The highest BCUT2D eigenvalue weighted by molar-refractivity contribution is 14.0. The number of aliphatic imine (C=N–C) groups is 1. The van der Waals surface area contributed by atoms with Crippen LogP contribution in [0.1, 0.15) is 25.0 Å². The highest BCUT2D eigenvalue weighted by Gasteiger charge is 2.07. The minimum atomic E-state index is -2.95. The molecule has 0 heterocycles. The van der Waals surface area contributed by atoms with Crippen LogP contribution in [0.2, 0.25) is 0 Å². The first-order valence-electron chi connectivity index (χ1n) is 7.24. The molecule has 0 fully saturated rings. The number of hydrogen-bond donors (Lipinski definition) is 2. The van der Waals surface area contributed by atoms with E-state index in [0.29, 0.717) is 19.0 Å². The van der Waals surface area contributed by atoms with Crippen molar-refractivity contribution in [3.8, 4) is 0 Å². The number of aryl methyl sites for hydroxylation is 1. The zero-order chi connectivity index (χ0) is 15.7. The molecule has 0 aliphatic rings. The van der Waals surface area contributed by atoms with Crippen LogP contribution in [0.3, 0.4) is 0 Å². The van der Waals surface area contributed by atoms with Gasteiger partial charge < -0.3 is 10.6 Å². The molecular weight excluding hydrogens is 413 g/mol. The second-order valence-corrected chi connectivity index (χ2v) is 7.18. The molecule has 1 aromatic carbocycles. The third kappa shape index (κ3) is 7.44. The number of sulfone groups is 1. The van der Waals surface area contributed by atoms with E-state index in [1.54, 1.807) is 14.0 Å². The van der Waals surface area contributed by atoms with E-state index in [1.165, 1.54) is 11.1 Å². The SMILES string of the molecule is CCc1ccccc1CNC(=NC)NCCS(=O)(=O)CC.I. The lowest BCUT2D eigenvalue weighted by Gasteiger charge is -2.13. The molecule has 7 heteroatoms. The summed E-state index contributed by atoms with van der Waals surface area (Å²) in [5.41, 5.74) is 2.53. The molecular formula is C15H26IN3O2S. The molecule has 1 rings (SSSR count). The largest absolute Gasteiger partial charge is 0.355 e. The van der Waals surface area contributed by atoms with Crippen molar-refractivity contribution in [2.75, 3.05) is 25.1 Å². The van der Waals surface area contributed by atoms with Gasteiger partial charge in [0.25, 0.3) is 0 Å². The minimum Gasteiger partial charge on any atom is -0.355 e. The van der Waals surface area contributed by atoms with E-state index in [1.807, 2.05) is 12.1 Å². The normalized spacial score (nSPS) is 11.7. The predicted molar refractivity (Wildman–Crippen MR) is 104 cm³/mol. The van der Waals surface area contributed by atoms with Gasteiger partial charge in [0.1, 0.15) is 0 Å². The summed E-state index contributed by atoms with van der Waals surface area (Å²) in [5.74, 6) is 0.910. The van der Waals surface area contributed by atoms with Gasteiger partial charge in [0.2, 0.25) is 0 Å². The zero-order valence-electron chi connectivity index (χ0n) is 13.4. The summed E-state index contributed by atoms with van der Waals surface area (Å²) in [5, 5.41) is 6.24. The first-order chi connectivity index (χ1) is 10.0. The van der Waals surface area contributed by atoms with Crippen LogP contribution in [-0.2, 0) is 22.8 Å². The molecule has 0 amide bonds. The molecule has 1 aromatic rings. The first kappa shape index (κ1) is 21.2. The van der Waals surface area contributed by atoms with Gasteiger partial charge in [-0.2, -0.15) is 0 Å². The quantitative estimate of drug-likeness (QED) is 0.387. The summed E-state index contributed by atoms with van der Waals surface area (Å²) in [7, 11) is -1.27. The van der Waals surface area contributed by atoms with Gasteiger partial charge in [0.15, 0.2) is 15.8 Å². The van der Waals surface area contributed by atoms with Crippen molar-refractivity contribution in [2.45, 2.75) is 26.8 Å². The molecule has 2 N–H and O–H groups in total. The van der Waals surface area contributed by atoms with E-state index in [4.69, 9.17) is 0 Å². The van der Waals surface area contributed by atoms with Crippen molar-refractivity contribution in [3.63, 3.8) is 0 Å². The maximum atomic E-state index is 11.4. The Labute approximate surface area is 150 Å². The molecule has 0 aliphatic carbocycles. The number of rotatable bonds is 7. The fraction of sp³-hybridized carbons (Fsp3) is 0.533. The lowest BCUT2D eigenvalue weighted by Crippen LogP contribution is -2.39. The van der Waals surface area contributed by atoms with Crippen LogP contribution >= 0.6 is 24.0 Å².